The number of carbonyl (C=O) groups is 1. The standard InChI is InChI=1S/C16H18N2O2S/c1-3-17-16(19)9-8-13-6-4-5-7-15(13)20-10-14-11-21-12(2)18-14/h4-9,11H,3,10H2,1-2H3,(H,17,19)/b9-8+. The first-order chi connectivity index (χ1) is 10.2. The first-order valence-corrected chi connectivity index (χ1v) is 7.65. The van der Waals surface area contributed by atoms with Crippen LogP contribution in [-0.4, -0.2) is 17.4 Å². The van der Waals surface area contributed by atoms with Crippen LogP contribution in [0, 0.1) is 6.92 Å². The summed E-state index contributed by atoms with van der Waals surface area (Å²) in [7, 11) is 0. The number of para-hydroxylation sites is 1. The molecule has 110 valence electrons. The van der Waals surface area contributed by atoms with E-state index in [2.05, 4.69) is 10.3 Å². The van der Waals surface area contributed by atoms with Gasteiger partial charge in [0.2, 0.25) is 5.91 Å². The lowest BCUT2D eigenvalue weighted by molar-refractivity contribution is -0.116. The van der Waals surface area contributed by atoms with Gasteiger partial charge in [-0.25, -0.2) is 4.98 Å². The Morgan fingerprint density at radius 1 is 1.43 bits per heavy atom. The Kier molecular flexibility index (Phi) is 5.51. The van der Waals surface area contributed by atoms with Gasteiger partial charge in [-0.2, -0.15) is 0 Å². The van der Waals surface area contributed by atoms with E-state index in [1.54, 1.807) is 17.4 Å². The fraction of sp³-hybridized carbons (Fsp3) is 0.250. The Morgan fingerprint density at radius 2 is 2.24 bits per heavy atom. The minimum atomic E-state index is -0.109. The predicted octanol–water partition coefficient (Wildman–Crippen LogP) is 3.18. The summed E-state index contributed by atoms with van der Waals surface area (Å²) in [6.07, 6.45) is 3.27. The molecular formula is C16H18N2O2S. The molecule has 1 aromatic carbocycles. The highest BCUT2D eigenvalue weighted by Gasteiger charge is 2.03. The molecule has 2 rings (SSSR count). The lowest BCUT2D eigenvalue weighted by atomic mass is 10.2. The van der Waals surface area contributed by atoms with Gasteiger partial charge in [-0.3, -0.25) is 4.79 Å². The van der Waals surface area contributed by atoms with E-state index in [0.29, 0.717) is 13.2 Å². The number of nitrogens with one attached hydrogen (secondary N) is 1. The molecule has 0 unspecified atom stereocenters. The van der Waals surface area contributed by atoms with Crippen LogP contribution in [0.5, 0.6) is 5.75 Å². The summed E-state index contributed by atoms with van der Waals surface area (Å²) < 4.78 is 5.79. The third kappa shape index (κ3) is 4.72. The zero-order valence-corrected chi connectivity index (χ0v) is 12.9. The van der Waals surface area contributed by atoms with Crippen LogP contribution in [0.25, 0.3) is 6.08 Å². The van der Waals surface area contributed by atoms with Crippen LogP contribution in [0.4, 0.5) is 0 Å². The number of nitrogens with zero attached hydrogens (tertiary/aromatic N) is 1. The van der Waals surface area contributed by atoms with Crippen molar-refractivity contribution in [3.05, 3.63) is 52.0 Å². The van der Waals surface area contributed by atoms with Gasteiger partial charge in [-0.1, -0.05) is 18.2 Å². The van der Waals surface area contributed by atoms with Crippen molar-refractivity contribution < 1.29 is 9.53 Å². The third-order valence-corrected chi connectivity index (χ3v) is 3.55. The van der Waals surface area contributed by atoms with Gasteiger partial charge in [0, 0.05) is 23.6 Å². The van der Waals surface area contributed by atoms with Gasteiger partial charge in [-0.05, 0) is 26.0 Å². The topological polar surface area (TPSA) is 51.2 Å². The minimum absolute atomic E-state index is 0.109. The van der Waals surface area contributed by atoms with Crippen molar-refractivity contribution >= 4 is 23.3 Å². The number of amides is 1. The van der Waals surface area contributed by atoms with E-state index >= 15 is 0 Å². The van der Waals surface area contributed by atoms with E-state index in [-0.39, 0.29) is 5.91 Å². The monoisotopic (exact) mass is 302 g/mol. The van der Waals surface area contributed by atoms with Crippen molar-refractivity contribution in [2.45, 2.75) is 20.5 Å². The molecule has 0 aliphatic rings. The van der Waals surface area contributed by atoms with Gasteiger partial charge < -0.3 is 10.1 Å². The van der Waals surface area contributed by atoms with Crippen LogP contribution < -0.4 is 10.1 Å². The van der Waals surface area contributed by atoms with Gasteiger partial charge in [0.1, 0.15) is 12.4 Å². The number of benzene rings is 1. The number of rotatable bonds is 6. The van der Waals surface area contributed by atoms with E-state index in [1.807, 2.05) is 43.5 Å². The van der Waals surface area contributed by atoms with Crippen molar-refractivity contribution in [3.63, 3.8) is 0 Å². The molecule has 0 bridgehead atoms. The van der Waals surface area contributed by atoms with Crippen LogP contribution >= 0.6 is 11.3 Å². The second-order valence-corrected chi connectivity index (χ2v) is 5.47. The number of aromatic nitrogens is 1. The highest BCUT2D eigenvalue weighted by Crippen LogP contribution is 2.21. The van der Waals surface area contributed by atoms with Crippen LogP contribution in [0.1, 0.15) is 23.2 Å². The summed E-state index contributed by atoms with van der Waals surface area (Å²) >= 11 is 1.61. The molecule has 0 saturated carbocycles. The van der Waals surface area contributed by atoms with Crippen molar-refractivity contribution in [2.75, 3.05) is 6.54 Å². The lowest BCUT2D eigenvalue weighted by Gasteiger charge is -2.07. The minimum Gasteiger partial charge on any atom is -0.487 e. The second kappa shape index (κ2) is 7.59. The fourth-order valence-electron chi connectivity index (χ4n) is 1.77. The van der Waals surface area contributed by atoms with Crippen LogP contribution in [0.3, 0.4) is 0 Å². The first-order valence-electron chi connectivity index (χ1n) is 6.77. The molecule has 0 saturated heterocycles. The van der Waals surface area contributed by atoms with Gasteiger partial charge in [0.25, 0.3) is 0 Å². The van der Waals surface area contributed by atoms with E-state index in [0.717, 1.165) is 22.0 Å². The maximum absolute atomic E-state index is 11.5. The molecule has 0 aliphatic heterocycles. The fourth-order valence-corrected chi connectivity index (χ4v) is 2.37. The molecule has 0 radical (unpaired) electrons. The number of likely N-dealkylation sites (N-methyl/N-ethyl adjacent to an activating group) is 1. The highest BCUT2D eigenvalue weighted by atomic mass is 32.1. The molecule has 1 N–H and O–H groups in total. The van der Waals surface area contributed by atoms with Crippen LogP contribution in [0.2, 0.25) is 0 Å². The zero-order chi connectivity index (χ0) is 15.1. The van der Waals surface area contributed by atoms with E-state index < -0.39 is 0 Å². The first kappa shape index (κ1) is 15.3. The molecule has 1 aromatic heterocycles. The second-order valence-electron chi connectivity index (χ2n) is 4.41. The summed E-state index contributed by atoms with van der Waals surface area (Å²) in [6.45, 7) is 4.90. The number of hydrogen-bond donors (Lipinski definition) is 1. The Morgan fingerprint density at radius 3 is 2.95 bits per heavy atom. The molecule has 21 heavy (non-hydrogen) atoms. The number of hydrogen-bond acceptors (Lipinski definition) is 4. The number of ether oxygens (including phenoxy) is 1. The van der Waals surface area contributed by atoms with Crippen LogP contribution in [-0.2, 0) is 11.4 Å². The predicted molar refractivity (Wildman–Crippen MR) is 85.3 cm³/mol. The van der Waals surface area contributed by atoms with Gasteiger partial charge in [0.05, 0.1) is 10.7 Å². The molecule has 5 heteroatoms. The van der Waals surface area contributed by atoms with E-state index in [4.69, 9.17) is 4.74 Å². The van der Waals surface area contributed by atoms with E-state index in [9.17, 15) is 4.79 Å². The van der Waals surface area contributed by atoms with Crippen molar-refractivity contribution in [2.24, 2.45) is 0 Å². The van der Waals surface area contributed by atoms with Crippen molar-refractivity contribution in [3.8, 4) is 5.75 Å². The largest absolute Gasteiger partial charge is 0.487 e. The summed E-state index contributed by atoms with van der Waals surface area (Å²) in [6, 6.07) is 7.62. The maximum atomic E-state index is 11.5. The van der Waals surface area contributed by atoms with Gasteiger partial charge >= 0.3 is 0 Å². The Labute approximate surface area is 128 Å². The van der Waals surface area contributed by atoms with E-state index in [1.165, 1.54) is 6.08 Å². The average molecular weight is 302 g/mol. The highest BCUT2D eigenvalue weighted by molar-refractivity contribution is 7.09. The molecule has 0 spiro atoms. The van der Waals surface area contributed by atoms with Crippen LogP contribution in [0.15, 0.2) is 35.7 Å². The molecular weight excluding hydrogens is 284 g/mol. The Hall–Kier alpha value is -2.14. The summed E-state index contributed by atoms with van der Waals surface area (Å²) in [5, 5.41) is 5.74. The molecule has 1 amide bonds. The Balaban J connectivity index is 2.04. The molecule has 0 aliphatic carbocycles. The Bertz CT molecular complexity index is 635. The van der Waals surface area contributed by atoms with Gasteiger partial charge in [0.15, 0.2) is 0 Å². The summed E-state index contributed by atoms with van der Waals surface area (Å²) in [4.78, 5) is 15.8. The summed E-state index contributed by atoms with van der Waals surface area (Å²) in [5.41, 5.74) is 1.79. The summed E-state index contributed by atoms with van der Waals surface area (Å²) in [5.74, 6) is 0.631. The smallest absolute Gasteiger partial charge is 0.243 e. The van der Waals surface area contributed by atoms with Crippen molar-refractivity contribution in [1.82, 2.24) is 10.3 Å². The average Bonchev–Trinajstić information content (AvgIpc) is 2.90. The normalized spacial score (nSPS) is 10.8. The maximum Gasteiger partial charge on any atom is 0.243 e. The molecule has 2 aromatic rings. The molecule has 0 fully saturated rings. The number of thiazole rings is 1. The molecule has 0 atom stereocenters. The van der Waals surface area contributed by atoms with Gasteiger partial charge in [-0.15, -0.1) is 11.3 Å². The lowest BCUT2D eigenvalue weighted by Crippen LogP contribution is -2.19. The molecule has 4 nitrogen and oxygen atoms in total. The number of aryl methyl sites for hydroxylation is 1. The third-order valence-electron chi connectivity index (χ3n) is 2.73. The molecule has 1 heterocycles. The number of carbonyl (C=O) groups excluding carboxylic acids is 1. The van der Waals surface area contributed by atoms with Crippen molar-refractivity contribution in [1.29, 1.82) is 0 Å². The zero-order valence-electron chi connectivity index (χ0n) is 12.1. The quantitative estimate of drug-likeness (QED) is 0.834. The SMILES string of the molecule is CCNC(=O)/C=C/c1ccccc1OCc1csc(C)n1.